The van der Waals surface area contributed by atoms with Crippen LogP contribution in [0.2, 0.25) is 0 Å². The van der Waals surface area contributed by atoms with E-state index in [1.54, 1.807) is 42.5 Å². The van der Waals surface area contributed by atoms with Crippen LogP contribution in [0.5, 0.6) is 0 Å². The monoisotopic (exact) mass is 422 g/mol. The molecule has 0 aliphatic rings. The van der Waals surface area contributed by atoms with Crippen molar-refractivity contribution >= 4 is 32.4 Å². The van der Waals surface area contributed by atoms with Crippen LogP contribution >= 0.6 is 0 Å². The average Bonchev–Trinajstić information content (AvgIpc) is 2.73. The SMILES string of the molecule is O=c1[nH]c2ccccc2nc1-c1ccccc1NS(=O)(=O)c1ccccc1[N+](=O)[O-]. The predicted octanol–water partition coefficient (Wildman–Crippen LogP) is 3.30. The Morgan fingerprint density at radius 3 is 2.40 bits per heavy atom. The van der Waals surface area contributed by atoms with Crippen LogP contribution in [0, 0.1) is 10.1 Å². The van der Waals surface area contributed by atoms with Crippen LogP contribution in [-0.2, 0) is 10.0 Å². The first-order chi connectivity index (χ1) is 14.4. The van der Waals surface area contributed by atoms with Gasteiger partial charge in [-0.05, 0) is 24.3 Å². The van der Waals surface area contributed by atoms with Gasteiger partial charge in [-0.3, -0.25) is 19.6 Å². The number of nitrogens with zero attached hydrogens (tertiary/aromatic N) is 2. The number of nitro benzene ring substituents is 1. The van der Waals surface area contributed by atoms with E-state index < -0.39 is 31.1 Å². The number of nitro groups is 1. The summed E-state index contributed by atoms with van der Waals surface area (Å²) in [5.74, 6) is 0. The third kappa shape index (κ3) is 3.51. The Morgan fingerprint density at radius 2 is 1.60 bits per heavy atom. The number of anilines is 1. The quantitative estimate of drug-likeness (QED) is 0.374. The largest absolute Gasteiger partial charge is 0.319 e. The Hall–Kier alpha value is -4.05. The second kappa shape index (κ2) is 7.41. The first-order valence-electron chi connectivity index (χ1n) is 8.71. The molecule has 0 aliphatic heterocycles. The summed E-state index contributed by atoms with van der Waals surface area (Å²) in [6, 6.07) is 18.2. The van der Waals surface area contributed by atoms with Crippen LogP contribution in [0.4, 0.5) is 11.4 Å². The molecule has 1 heterocycles. The van der Waals surface area contributed by atoms with E-state index in [1.807, 2.05) is 0 Å². The van der Waals surface area contributed by atoms with Crippen molar-refractivity contribution in [2.45, 2.75) is 4.90 Å². The number of para-hydroxylation sites is 4. The van der Waals surface area contributed by atoms with Crippen molar-refractivity contribution in [3.63, 3.8) is 0 Å². The fraction of sp³-hybridized carbons (Fsp3) is 0. The predicted molar refractivity (Wildman–Crippen MR) is 112 cm³/mol. The molecule has 4 rings (SSSR count). The van der Waals surface area contributed by atoms with Crippen molar-refractivity contribution in [2.24, 2.45) is 0 Å². The molecule has 0 aliphatic carbocycles. The number of hydrogen-bond acceptors (Lipinski definition) is 6. The van der Waals surface area contributed by atoms with Crippen molar-refractivity contribution in [3.8, 4) is 11.3 Å². The van der Waals surface area contributed by atoms with Gasteiger partial charge in [0.1, 0.15) is 5.69 Å². The summed E-state index contributed by atoms with van der Waals surface area (Å²) >= 11 is 0. The summed E-state index contributed by atoms with van der Waals surface area (Å²) in [6.45, 7) is 0. The van der Waals surface area contributed by atoms with Crippen LogP contribution in [0.1, 0.15) is 0 Å². The van der Waals surface area contributed by atoms with Gasteiger partial charge in [-0.1, -0.05) is 42.5 Å². The van der Waals surface area contributed by atoms with Crippen LogP contribution < -0.4 is 10.3 Å². The Balaban J connectivity index is 1.84. The van der Waals surface area contributed by atoms with Crippen molar-refractivity contribution in [1.29, 1.82) is 0 Å². The summed E-state index contributed by atoms with van der Waals surface area (Å²) in [5, 5.41) is 11.2. The molecule has 0 atom stereocenters. The zero-order valence-corrected chi connectivity index (χ0v) is 16.1. The lowest BCUT2D eigenvalue weighted by atomic mass is 10.1. The minimum atomic E-state index is -4.31. The molecule has 0 bridgehead atoms. The van der Waals surface area contributed by atoms with Gasteiger partial charge in [0.05, 0.1) is 21.6 Å². The maximum atomic E-state index is 12.9. The lowest BCUT2D eigenvalue weighted by Gasteiger charge is -2.12. The number of rotatable bonds is 5. The van der Waals surface area contributed by atoms with Gasteiger partial charge in [0.25, 0.3) is 21.3 Å². The lowest BCUT2D eigenvalue weighted by Crippen LogP contribution is -2.17. The highest BCUT2D eigenvalue weighted by atomic mass is 32.2. The minimum Gasteiger partial charge on any atom is -0.319 e. The van der Waals surface area contributed by atoms with Gasteiger partial charge in [-0.2, -0.15) is 0 Å². The molecule has 0 radical (unpaired) electrons. The topological polar surface area (TPSA) is 135 Å². The van der Waals surface area contributed by atoms with Crippen molar-refractivity contribution in [3.05, 3.63) is 93.3 Å². The maximum absolute atomic E-state index is 12.9. The molecular formula is C20H14N4O5S. The molecule has 0 saturated heterocycles. The van der Waals surface area contributed by atoms with E-state index in [0.29, 0.717) is 11.0 Å². The third-order valence-electron chi connectivity index (χ3n) is 4.38. The van der Waals surface area contributed by atoms with Gasteiger partial charge >= 0.3 is 0 Å². The molecular weight excluding hydrogens is 408 g/mol. The normalized spacial score (nSPS) is 11.3. The van der Waals surface area contributed by atoms with E-state index >= 15 is 0 Å². The minimum absolute atomic E-state index is 0.0227. The number of aromatic amines is 1. The van der Waals surface area contributed by atoms with Crippen LogP contribution in [0.25, 0.3) is 22.3 Å². The number of hydrogen-bond donors (Lipinski definition) is 2. The molecule has 0 saturated carbocycles. The first kappa shape index (κ1) is 19.3. The second-order valence-corrected chi connectivity index (χ2v) is 7.96. The molecule has 4 aromatic rings. The highest BCUT2D eigenvalue weighted by Gasteiger charge is 2.26. The number of aromatic nitrogens is 2. The first-order valence-corrected chi connectivity index (χ1v) is 10.2. The van der Waals surface area contributed by atoms with Crippen LogP contribution in [-0.4, -0.2) is 23.3 Å². The zero-order chi connectivity index (χ0) is 21.3. The molecule has 30 heavy (non-hydrogen) atoms. The molecule has 0 fully saturated rings. The van der Waals surface area contributed by atoms with Gasteiger partial charge in [-0.25, -0.2) is 13.4 Å². The maximum Gasteiger partial charge on any atom is 0.289 e. The van der Waals surface area contributed by atoms with Gasteiger partial charge in [0.15, 0.2) is 4.90 Å². The lowest BCUT2D eigenvalue weighted by molar-refractivity contribution is -0.387. The molecule has 1 aromatic heterocycles. The number of sulfonamides is 1. The summed E-state index contributed by atoms with van der Waals surface area (Å²) in [4.78, 5) is 29.7. The van der Waals surface area contributed by atoms with E-state index in [1.165, 1.54) is 18.2 Å². The van der Waals surface area contributed by atoms with Gasteiger partial charge in [-0.15, -0.1) is 0 Å². The highest BCUT2D eigenvalue weighted by molar-refractivity contribution is 7.92. The van der Waals surface area contributed by atoms with Crippen molar-refractivity contribution in [2.75, 3.05) is 4.72 Å². The second-order valence-electron chi connectivity index (χ2n) is 6.31. The van der Waals surface area contributed by atoms with Gasteiger partial charge in [0.2, 0.25) is 0 Å². The Morgan fingerprint density at radius 1 is 0.933 bits per heavy atom. The number of H-pyrrole nitrogens is 1. The molecule has 150 valence electrons. The fourth-order valence-corrected chi connectivity index (χ4v) is 4.28. The molecule has 0 spiro atoms. The van der Waals surface area contributed by atoms with Gasteiger partial charge in [0, 0.05) is 11.6 Å². The standard InChI is InChI=1S/C20H14N4O5S/c25-20-19(21-15-9-3-4-10-16(15)22-20)13-7-1-2-8-14(13)23-30(28,29)18-12-6-5-11-17(18)24(26)27/h1-12,23H,(H,22,25). The summed E-state index contributed by atoms with van der Waals surface area (Å²) < 4.78 is 28.1. The number of benzene rings is 3. The Kier molecular flexibility index (Phi) is 4.76. The molecule has 9 nitrogen and oxygen atoms in total. The third-order valence-corrected chi connectivity index (χ3v) is 5.79. The van der Waals surface area contributed by atoms with E-state index in [4.69, 9.17) is 0 Å². The number of nitrogens with one attached hydrogen (secondary N) is 2. The van der Waals surface area contributed by atoms with E-state index in [2.05, 4.69) is 14.7 Å². The van der Waals surface area contributed by atoms with E-state index in [-0.39, 0.29) is 16.9 Å². The van der Waals surface area contributed by atoms with Crippen molar-refractivity contribution < 1.29 is 13.3 Å². The summed E-state index contributed by atoms with van der Waals surface area (Å²) in [5.41, 5.74) is 0.369. The van der Waals surface area contributed by atoms with Crippen LogP contribution in [0.15, 0.2) is 82.5 Å². The zero-order valence-electron chi connectivity index (χ0n) is 15.3. The number of fused-ring (bicyclic) bond motifs is 1. The molecule has 2 N–H and O–H groups in total. The van der Waals surface area contributed by atoms with Crippen LogP contribution in [0.3, 0.4) is 0 Å². The molecule has 0 unspecified atom stereocenters. The molecule has 10 heteroatoms. The Labute approximate surface area is 170 Å². The smallest absolute Gasteiger partial charge is 0.289 e. The van der Waals surface area contributed by atoms with E-state index in [9.17, 15) is 23.3 Å². The van der Waals surface area contributed by atoms with Crippen molar-refractivity contribution in [1.82, 2.24) is 9.97 Å². The average molecular weight is 422 g/mol. The summed E-state index contributed by atoms with van der Waals surface area (Å²) in [6.07, 6.45) is 0. The molecule has 3 aromatic carbocycles. The fourth-order valence-electron chi connectivity index (χ4n) is 3.03. The van der Waals surface area contributed by atoms with Gasteiger partial charge < -0.3 is 4.98 Å². The Bertz CT molecular complexity index is 1450. The summed E-state index contributed by atoms with van der Waals surface area (Å²) in [7, 11) is -4.31. The van der Waals surface area contributed by atoms with E-state index in [0.717, 1.165) is 12.1 Å². The molecule has 0 amide bonds. The highest BCUT2D eigenvalue weighted by Crippen LogP contribution is 2.30.